The van der Waals surface area contributed by atoms with Crippen LogP contribution in [-0.2, 0) is 5.41 Å². The molecule has 0 saturated carbocycles. The summed E-state index contributed by atoms with van der Waals surface area (Å²) in [7, 11) is 0. The van der Waals surface area contributed by atoms with Crippen molar-refractivity contribution in [1.29, 1.82) is 0 Å². The summed E-state index contributed by atoms with van der Waals surface area (Å²) < 4.78 is 78.1. The molecule has 0 aromatic heterocycles. The van der Waals surface area contributed by atoms with Crippen LogP contribution in [0.15, 0.2) is 30.8 Å². The lowest BCUT2D eigenvalue weighted by Gasteiger charge is -2.40. The van der Waals surface area contributed by atoms with Crippen molar-refractivity contribution in [3.05, 3.63) is 42.0 Å². The number of alkyl halides is 6. The Morgan fingerprint density at radius 2 is 1.56 bits per heavy atom. The predicted octanol–water partition coefficient (Wildman–Crippen LogP) is 5.88. The largest absolute Gasteiger partial charge is 0.426 e. The molecule has 0 spiro atoms. The molecule has 142 valence electrons. The first-order valence-corrected chi connectivity index (χ1v) is 7.66. The molecule has 0 aliphatic carbocycles. The van der Waals surface area contributed by atoms with Gasteiger partial charge in [0, 0.05) is 5.92 Å². The predicted molar refractivity (Wildman–Crippen MR) is 85.0 cm³/mol. The van der Waals surface area contributed by atoms with E-state index in [0.29, 0.717) is 5.56 Å². The summed E-state index contributed by atoms with van der Waals surface area (Å²) in [5, 5.41) is 9.54. The van der Waals surface area contributed by atoms with Gasteiger partial charge in [-0.05, 0) is 29.9 Å². The van der Waals surface area contributed by atoms with E-state index in [4.69, 9.17) is 0 Å². The van der Waals surface area contributed by atoms with Gasteiger partial charge in [-0.15, -0.1) is 0 Å². The zero-order valence-electron chi connectivity index (χ0n) is 14.5. The summed E-state index contributed by atoms with van der Waals surface area (Å²) in [4.78, 5) is 0. The summed E-state index contributed by atoms with van der Waals surface area (Å²) >= 11 is 0. The smallest absolute Gasteiger partial charge is 0.373 e. The highest BCUT2D eigenvalue weighted by atomic mass is 19.4. The first-order valence-electron chi connectivity index (χ1n) is 7.66. The van der Waals surface area contributed by atoms with Gasteiger partial charge < -0.3 is 5.11 Å². The van der Waals surface area contributed by atoms with E-state index in [0.717, 1.165) is 18.1 Å². The molecule has 1 atom stereocenters. The van der Waals surface area contributed by atoms with Gasteiger partial charge in [-0.2, -0.15) is 26.3 Å². The maximum atomic E-state index is 13.0. The summed E-state index contributed by atoms with van der Waals surface area (Å²) in [5.74, 6) is -2.09. The van der Waals surface area contributed by atoms with E-state index in [9.17, 15) is 31.4 Å². The van der Waals surface area contributed by atoms with Crippen molar-refractivity contribution in [2.75, 3.05) is 0 Å². The Hall–Kier alpha value is -1.50. The molecule has 0 fully saturated rings. The fourth-order valence-electron chi connectivity index (χ4n) is 2.96. The second-order valence-corrected chi connectivity index (χ2v) is 7.11. The number of benzene rings is 1. The molecule has 1 unspecified atom stereocenters. The highest BCUT2D eigenvalue weighted by molar-refractivity contribution is 5.62. The minimum atomic E-state index is -5.82. The number of halogens is 6. The van der Waals surface area contributed by atoms with E-state index in [-0.39, 0.29) is 0 Å². The zero-order valence-corrected chi connectivity index (χ0v) is 14.5. The molecule has 0 aliphatic heterocycles. The van der Waals surface area contributed by atoms with Gasteiger partial charge in [0.2, 0.25) is 0 Å². The number of aliphatic hydroxyl groups is 1. The van der Waals surface area contributed by atoms with Crippen molar-refractivity contribution in [3.63, 3.8) is 0 Å². The van der Waals surface area contributed by atoms with E-state index >= 15 is 0 Å². The standard InChI is InChI=1S/C18H22F6O/c1-11(2)13-7-6-8-14(9-13)15(4,5)10-12(3)16(25,17(19,20)21)18(22,23)24/h6-9,12,25H,1,10H2,2-5H3. The Morgan fingerprint density at radius 1 is 1.08 bits per heavy atom. The van der Waals surface area contributed by atoms with Crippen molar-refractivity contribution < 1.29 is 31.4 Å². The molecule has 0 radical (unpaired) electrons. The second-order valence-electron chi connectivity index (χ2n) is 7.11. The molecule has 1 nitrogen and oxygen atoms in total. The van der Waals surface area contributed by atoms with E-state index < -0.39 is 35.7 Å². The average molecular weight is 368 g/mol. The number of hydrogen-bond donors (Lipinski definition) is 1. The van der Waals surface area contributed by atoms with Crippen molar-refractivity contribution in [1.82, 2.24) is 0 Å². The lowest BCUT2D eigenvalue weighted by Crippen LogP contribution is -2.61. The maximum absolute atomic E-state index is 13.0. The van der Waals surface area contributed by atoms with E-state index in [1.807, 2.05) is 0 Å². The van der Waals surface area contributed by atoms with E-state index in [1.165, 1.54) is 0 Å². The average Bonchev–Trinajstić information content (AvgIpc) is 2.43. The summed E-state index contributed by atoms with van der Waals surface area (Å²) in [6, 6.07) is 6.76. The third-order valence-electron chi connectivity index (χ3n) is 4.53. The first-order chi connectivity index (χ1) is 11.0. The number of allylic oxidation sites excluding steroid dienone is 1. The van der Waals surface area contributed by atoms with Gasteiger partial charge in [-0.3, -0.25) is 0 Å². The van der Waals surface area contributed by atoms with Gasteiger partial charge in [-0.1, -0.05) is 57.2 Å². The minimum absolute atomic E-state index is 0.512. The molecule has 0 aliphatic rings. The Kier molecular flexibility index (Phi) is 5.74. The molecule has 1 aromatic carbocycles. The molecule has 1 aromatic rings. The van der Waals surface area contributed by atoms with Gasteiger partial charge in [0.25, 0.3) is 5.60 Å². The zero-order chi connectivity index (χ0) is 19.8. The summed E-state index contributed by atoms with van der Waals surface area (Å²) in [6.07, 6.45) is -12.2. The fraction of sp³-hybridized carbons (Fsp3) is 0.556. The molecule has 0 saturated heterocycles. The van der Waals surface area contributed by atoms with E-state index in [2.05, 4.69) is 6.58 Å². The Labute approximate surface area is 143 Å². The van der Waals surface area contributed by atoms with Gasteiger partial charge >= 0.3 is 12.4 Å². The van der Waals surface area contributed by atoms with Crippen LogP contribution in [0.2, 0.25) is 0 Å². The molecule has 1 N–H and O–H groups in total. The van der Waals surface area contributed by atoms with Crippen molar-refractivity contribution in [3.8, 4) is 0 Å². The highest BCUT2D eigenvalue weighted by Gasteiger charge is 2.72. The fourth-order valence-corrected chi connectivity index (χ4v) is 2.96. The Balaban J connectivity index is 3.25. The summed E-state index contributed by atoms with van der Waals surface area (Å²) in [5.41, 5.74) is -3.72. The van der Waals surface area contributed by atoms with Crippen LogP contribution in [0.25, 0.3) is 5.57 Å². The van der Waals surface area contributed by atoms with Crippen LogP contribution in [0.4, 0.5) is 26.3 Å². The third-order valence-corrected chi connectivity index (χ3v) is 4.53. The van der Waals surface area contributed by atoms with Crippen molar-refractivity contribution >= 4 is 5.57 Å². The number of rotatable bonds is 5. The van der Waals surface area contributed by atoms with Gasteiger partial charge in [0.15, 0.2) is 0 Å². The Morgan fingerprint density at radius 3 is 1.96 bits per heavy atom. The van der Waals surface area contributed by atoms with Crippen LogP contribution < -0.4 is 0 Å². The topological polar surface area (TPSA) is 20.2 Å². The maximum Gasteiger partial charge on any atom is 0.426 e. The minimum Gasteiger partial charge on any atom is -0.373 e. The lowest BCUT2D eigenvalue weighted by atomic mass is 9.71. The molecular weight excluding hydrogens is 346 g/mol. The Bertz CT molecular complexity index is 613. The molecule has 0 heterocycles. The van der Waals surface area contributed by atoms with Crippen molar-refractivity contribution in [2.24, 2.45) is 5.92 Å². The molecule has 25 heavy (non-hydrogen) atoms. The lowest BCUT2D eigenvalue weighted by molar-refractivity contribution is -0.384. The monoisotopic (exact) mass is 368 g/mol. The van der Waals surface area contributed by atoms with Crippen LogP contribution in [0.1, 0.15) is 45.2 Å². The molecule has 0 bridgehead atoms. The third kappa shape index (κ3) is 4.19. The summed E-state index contributed by atoms with van der Waals surface area (Å²) in [6.45, 7) is 9.40. The quantitative estimate of drug-likeness (QED) is 0.644. The van der Waals surface area contributed by atoms with Gasteiger partial charge in [0.05, 0.1) is 0 Å². The van der Waals surface area contributed by atoms with Crippen LogP contribution in [0.3, 0.4) is 0 Å². The van der Waals surface area contributed by atoms with E-state index in [1.54, 1.807) is 45.0 Å². The molecule has 7 heteroatoms. The first kappa shape index (κ1) is 21.5. The molecule has 0 amide bonds. The van der Waals surface area contributed by atoms with Gasteiger partial charge in [0.1, 0.15) is 0 Å². The second kappa shape index (κ2) is 6.67. The van der Waals surface area contributed by atoms with Crippen LogP contribution in [0, 0.1) is 5.92 Å². The van der Waals surface area contributed by atoms with Crippen molar-refractivity contribution in [2.45, 2.75) is 57.5 Å². The number of hydrogen-bond acceptors (Lipinski definition) is 1. The van der Waals surface area contributed by atoms with Gasteiger partial charge in [-0.25, -0.2) is 0 Å². The molecular formula is C18H22F6O. The van der Waals surface area contributed by atoms with Crippen LogP contribution >= 0.6 is 0 Å². The highest BCUT2D eigenvalue weighted by Crippen LogP contribution is 2.50. The van der Waals surface area contributed by atoms with Crippen LogP contribution in [0.5, 0.6) is 0 Å². The molecule has 1 rings (SSSR count). The van der Waals surface area contributed by atoms with Crippen LogP contribution in [-0.4, -0.2) is 23.1 Å². The SMILES string of the molecule is C=C(C)c1cccc(C(C)(C)CC(C)C(O)(C(F)(F)F)C(F)(F)F)c1. The normalized spacial score (nSPS) is 15.2.